The van der Waals surface area contributed by atoms with Crippen molar-refractivity contribution in [3.63, 3.8) is 0 Å². The minimum absolute atomic E-state index is 0.0413. The Labute approximate surface area is 151 Å². The summed E-state index contributed by atoms with van der Waals surface area (Å²) in [7, 11) is 0. The van der Waals surface area contributed by atoms with E-state index in [0.717, 1.165) is 11.3 Å². The third-order valence-electron chi connectivity index (χ3n) is 3.76. The van der Waals surface area contributed by atoms with Crippen LogP contribution in [0.2, 0.25) is 0 Å². The van der Waals surface area contributed by atoms with Crippen molar-refractivity contribution in [3.05, 3.63) is 60.2 Å². The minimum Gasteiger partial charge on any atom is -0.394 e. The van der Waals surface area contributed by atoms with Crippen molar-refractivity contribution < 1.29 is 9.50 Å². The summed E-state index contributed by atoms with van der Waals surface area (Å²) >= 11 is 0. The molecule has 3 aromatic rings. The van der Waals surface area contributed by atoms with Crippen LogP contribution in [-0.2, 0) is 0 Å². The number of benzene rings is 1. The molecule has 7 heteroatoms. The first-order chi connectivity index (χ1) is 12.5. The second-order valence-electron chi connectivity index (χ2n) is 6.02. The second kappa shape index (κ2) is 7.88. The first-order valence-electron chi connectivity index (χ1n) is 8.25. The summed E-state index contributed by atoms with van der Waals surface area (Å²) in [5.74, 6) is 0.681. The summed E-state index contributed by atoms with van der Waals surface area (Å²) in [5.41, 5.74) is 2.79. The molecule has 0 aliphatic rings. The number of aliphatic hydroxyl groups is 1. The number of hydrogen-bond donors (Lipinski definition) is 3. The standard InChI is InChI=1S/C19H20FN5O/c1-12-8-15(5-6-16(12)20)23-18-9-17(14-4-3-7-21-10-14)24-19(25-18)22-13(2)11-26/h3-10,13,26H,11H2,1-2H3,(H2,22,23,24,25)/t13-/m0/s1. The largest absolute Gasteiger partial charge is 0.394 e. The van der Waals surface area contributed by atoms with Gasteiger partial charge < -0.3 is 15.7 Å². The van der Waals surface area contributed by atoms with Gasteiger partial charge in [0.1, 0.15) is 11.6 Å². The number of aryl methyl sites for hydroxylation is 1. The van der Waals surface area contributed by atoms with E-state index >= 15 is 0 Å². The van der Waals surface area contributed by atoms with E-state index in [1.54, 1.807) is 37.5 Å². The zero-order valence-electron chi connectivity index (χ0n) is 14.6. The van der Waals surface area contributed by atoms with Crippen molar-refractivity contribution in [2.24, 2.45) is 0 Å². The van der Waals surface area contributed by atoms with Crippen molar-refractivity contribution in [1.29, 1.82) is 0 Å². The molecule has 134 valence electrons. The van der Waals surface area contributed by atoms with E-state index < -0.39 is 0 Å². The molecule has 0 radical (unpaired) electrons. The monoisotopic (exact) mass is 353 g/mol. The lowest BCUT2D eigenvalue weighted by atomic mass is 10.2. The number of nitrogens with one attached hydrogen (secondary N) is 2. The van der Waals surface area contributed by atoms with Gasteiger partial charge in [0, 0.05) is 35.8 Å². The molecule has 0 spiro atoms. The van der Waals surface area contributed by atoms with Crippen molar-refractivity contribution in [1.82, 2.24) is 15.0 Å². The molecule has 0 fully saturated rings. The molecule has 0 bridgehead atoms. The van der Waals surface area contributed by atoms with Crippen LogP contribution in [0.25, 0.3) is 11.3 Å². The molecule has 26 heavy (non-hydrogen) atoms. The summed E-state index contributed by atoms with van der Waals surface area (Å²) in [6.45, 7) is 3.49. The minimum atomic E-state index is -0.256. The maximum atomic E-state index is 13.5. The molecule has 0 amide bonds. The first-order valence-corrected chi connectivity index (χ1v) is 8.25. The van der Waals surface area contributed by atoms with Crippen LogP contribution in [0.1, 0.15) is 12.5 Å². The molecule has 0 aliphatic carbocycles. The van der Waals surface area contributed by atoms with Gasteiger partial charge in [-0.2, -0.15) is 4.98 Å². The van der Waals surface area contributed by atoms with Crippen LogP contribution in [0.3, 0.4) is 0 Å². The molecular weight excluding hydrogens is 333 g/mol. The van der Waals surface area contributed by atoms with Gasteiger partial charge in [-0.1, -0.05) is 0 Å². The van der Waals surface area contributed by atoms with Crippen LogP contribution in [0.5, 0.6) is 0 Å². The average molecular weight is 353 g/mol. The van der Waals surface area contributed by atoms with Gasteiger partial charge >= 0.3 is 0 Å². The molecule has 0 saturated carbocycles. The lowest BCUT2D eigenvalue weighted by Crippen LogP contribution is -2.21. The third-order valence-corrected chi connectivity index (χ3v) is 3.76. The number of anilines is 3. The Morgan fingerprint density at radius 3 is 2.73 bits per heavy atom. The fraction of sp³-hybridized carbons (Fsp3) is 0.211. The number of rotatable bonds is 6. The van der Waals surface area contributed by atoms with E-state index in [-0.39, 0.29) is 18.5 Å². The lowest BCUT2D eigenvalue weighted by Gasteiger charge is -2.14. The summed E-state index contributed by atoms with van der Waals surface area (Å²) in [6.07, 6.45) is 3.41. The third kappa shape index (κ3) is 4.31. The Balaban J connectivity index is 1.97. The quantitative estimate of drug-likeness (QED) is 0.629. The van der Waals surface area contributed by atoms with Crippen molar-refractivity contribution in [3.8, 4) is 11.3 Å². The number of aliphatic hydroxyl groups excluding tert-OH is 1. The van der Waals surface area contributed by atoms with Crippen LogP contribution < -0.4 is 10.6 Å². The van der Waals surface area contributed by atoms with Gasteiger partial charge in [-0.05, 0) is 49.7 Å². The van der Waals surface area contributed by atoms with E-state index in [2.05, 4.69) is 25.6 Å². The maximum absolute atomic E-state index is 13.5. The molecule has 0 saturated heterocycles. The Kier molecular flexibility index (Phi) is 5.38. The van der Waals surface area contributed by atoms with E-state index in [1.165, 1.54) is 6.07 Å². The predicted molar refractivity (Wildman–Crippen MR) is 99.9 cm³/mol. The van der Waals surface area contributed by atoms with E-state index in [4.69, 9.17) is 0 Å². The number of halogens is 1. The lowest BCUT2D eigenvalue weighted by molar-refractivity contribution is 0.281. The Morgan fingerprint density at radius 2 is 2.04 bits per heavy atom. The maximum Gasteiger partial charge on any atom is 0.225 e. The summed E-state index contributed by atoms with van der Waals surface area (Å²) < 4.78 is 13.5. The van der Waals surface area contributed by atoms with Crippen LogP contribution in [0, 0.1) is 12.7 Å². The molecule has 1 atom stereocenters. The van der Waals surface area contributed by atoms with Gasteiger partial charge in [0.05, 0.1) is 12.3 Å². The fourth-order valence-electron chi connectivity index (χ4n) is 2.37. The molecule has 1 aromatic carbocycles. The topological polar surface area (TPSA) is 83.0 Å². The summed E-state index contributed by atoms with van der Waals surface area (Å²) in [6, 6.07) is 10.1. The highest BCUT2D eigenvalue weighted by Gasteiger charge is 2.10. The number of aromatic nitrogens is 3. The highest BCUT2D eigenvalue weighted by Crippen LogP contribution is 2.24. The number of nitrogens with zero attached hydrogens (tertiary/aromatic N) is 3. The Hall–Kier alpha value is -3.06. The van der Waals surface area contributed by atoms with E-state index in [0.29, 0.717) is 23.0 Å². The smallest absolute Gasteiger partial charge is 0.225 e. The SMILES string of the molecule is Cc1cc(Nc2cc(-c3cccnc3)nc(N[C@@H](C)CO)n2)ccc1F. The van der Waals surface area contributed by atoms with Gasteiger partial charge in [-0.15, -0.1) is 0 Å². The molecule has 3 N–H and O–H groups in total. The molecule has 6 nitrogen and oxygen atoms in total. The van der Waals surface area contributed by atoms with Gasteiger partial charge in [-0.3, -0.25) is 4.98 Å². The Bertz CT molecular complexity index is 888. The van der Waals surface area contributed by atoms with Crippen molar-refractivity contribution >= 4 is 17.5 Å². The average Bonchev–Trinajstić information content (AvgIpc) is 2.65. The first kappa shape index (κ1) is 17.8. The predicted octanol–water partition coefficient (Wildman–Crippen LogP) is 3.52. The van der Waals surface area contributed by atoms with Crippen LogP contribution >= 0.6 is 0 Å². The molecule has 2 heterocycles. The second-order valence-corrected chi connectivity index (χ2v) is 6.02. The van der Waals surface area contributed by atoms with Gasteiger partial charge in [0.15, 0.2) is 0 Å². The van der Waals surface area contributed by atoms with Crippen LogP contribution in [-0.4, -0.2) is 32.7 Å². The summed E-state index contributed by atoms with van der Waals surface area (Å²) in [4.78, 5) is 13.0. The zero-order chi connectivity index (χ0) is 18.5. The zero-order valence-corrected chi connectivity index (χ0v) is 14.6. The van der Waals surface area contributed by atoms with Gasteiger partial charge in [-0.25, -0.2) is 9.37 Å². The van der Waals surface area contributed by atoms with Gasteiger partial charge in [0.2, 0.25) is 5.95 Å². The normalized spacial score (nSPS) is 11.8. The van der Waals surface area contributed by atoms with E-state index in [9.17, 15) is 9.50 Å². The fourth-order valence-corrected chi connectivity index (χ4v) is 2.37. The molecule has 3 rings (SSSR count). The molecule has 0 unspecified atom stereocenters. The van der Waals surface area contributed by atoms with Crippen LogP contribution in [0.15, 0.2) is 48.8 Å². The van der Waals surface area contributed by atoms with Crippen molar-refractivity contribution in [2.75, 3.05) is 17.2 Å². The molecule has 2 aromatic heterocycles. The van der Waals surface area contributed by atoms with Crippen LogP contribution in [0.4, 0.5) is 21.8 Å². The Morgan fingerprint density at radius 1 is 1.19 bits per heavy atom. The van der Waals surface area contributed by atoms with Crippen molar-refractivity contribution in [2.45, 2.75) is 19.9 Å². The van der Waals surface area contributed by atoms with Gasteiger partial charge in [0.25, 0.3) is 0 Å². The summed E-state index contributed by atoms with van der Waals surface area (Å²) in [5, 5.41) is 15.5. The number of pyridine rings is 1. The highest BCUT2D eigenvalue weighted by atomic mass is 19.1. The van der Waals surface area contributed by atoms with E-state index in [1.807, 2.05) is 19.1 Å². The molecular formula is C19H20FN5O. The molecule has 0 aliphatic heterocycles. The highest BCUT2D eigenvalue weighted by molar-refractivity contribution is 5.67. The number of hydrogen-bond acceptors (Lipinski definition) is 6.